The molecule has 0 unspecified atom stereocenters. The Labute approximate surface area is 124 Å². The minimum absolute atomic E-state index is 0.180. The summed E-state index contributed by atoms with van der Waals surface area (Å²) in [6, 6.07) is 19.1. The normalized spacial score (nSPS) is 13.3. The van der Waals surface area contributed by atoms with Crippen LogP contribution in [0.3, 0.4) is 0 Å². The van der Waals surface area contributed by atoms with Crippen LogP contribution in [0.4, 0.5) is 5.69 Å². The zero-order chi connectivity index (χ0) is 14.4. The smallest absolute Gasteiger partial charge is 0.171 e. The highest BCUT2D eigenvalue weighted by Gasteiger charge is 2.16. The molecule has 0 bridgehead atoms. The third-order valence-electron chi connectivity index (χ3n) is 3.01. The van der Waals surface area contributed by atoms with Crippen LogP contribution in [-0.4, -0.2) is 16.3 Å². The van der Waals surface area contributed by atoms with E-state index in [1.165, 1.54) is 0 Å². The molecule has 20 heavy (non-hydrogen) atoms. The maximum absolute atomic E-state index is 10.3. The van der Waals surface area contributed by atoms with Gasteiger partial charge < -0.3 is 15.7 Å². The Kier molecular flexibility index (Phi) is 5.09. The minimum Gasteiger partial charge on any atom is -0.386 e. The maximum atomic E-state index is 10.3. The van der Waals surface area contributed by atoms with E-state index >= 15 is 0 Å². The molecule has 0 aromatic heterocycles. The van der Waals surface area contributed by atoms with Gasteiger partial charge in [0.15, 0.2) is 5.11 Å². The van der Waals surface area contributed by atoms with Crippen LogP contribution in [0.2, 0.25) is 0 Å². The Morgan fingerprint density at radius 2 is 1.55 bits per heavy atom. The summed E-state index contributed by atoms with van der Waals surface area (Å²) < 4.78 is 0. The highest BCUT2D eigenvalue weighted by Crippen LogP contribution is 2.16. The first-order valence-electron chi connectivity index (χ1n) is 6.52. The van der Waals surface area contributed by atoms with Crippen molar-refractivity contribution >= 4 is 23.0 Å². The molecule has 3 nitrogen and oxygen atoms in total. The van der Waals surface area contributed by atoms with Crippen LogP contribution in [-0.2, 0) is 0 Å². The largest absolute Gasteiger partial charge is 0.386 e. The summed E-state index contributed by atoms with van der Waals surface area (Å²) in [5, 5.41) is 16.9. The molecule has 0 aliphatic carbocycles. The van der Waals surface area contributed by atoms with Gasteiger partial charge in [0.1, 0.15) is 0 Å². The Balaban J connectivity index is 1.91. The van der Waals surface area contributed by atoms with Gasteiger partial charge in [-0.15, -0.1) is 0 Å². The van der Waals surface area contributed by atoms with Gasteiger partial charge in [-0.3, -0.25) is 0 Å². The number of nitrogens with one attached hydrogen (secondary N) is 2. The molecule has 0 saturated carbocycles. The number of aliphatic hydroxyl groups is 1. The van der Waals surface area contributed by atoms with Gasteiger partial charge in [0.05, 0.1) is 12.1 Å². The van der Waals surface area contributed by atoms with E-state index in [-0.39, 0.29) is 6.04 Å². The van der Waals surface area contributed by atoms with Crippen LogP contribution in [0.5, 0.6) is 0 Å². The van der Waals surface area contributed by atoms with Gasteiger partial charge in [-0.2, -0.15) is 0 Å². The molecule has 0 aliphatic rings. The molecule has 2 atom stereocenters. The second-order valence-corrected chi connectivity index (χ2v) is 5.02. The molecule has 0 radical (unpaired) electrons. The number of anilines is 1. The van der Waals surface area contributed by atoms with Crippen LogP contribution in [0.25, 0.3) is 0 Å². The van der Waals surface area contributed by atoms with Gasteiger partial charge in [-0.05, 0) is 36.8 Å². The molecule has 104 valence electrons. The first-order chi connectivity index (χ1) is 9.66. The average molecular weight is 286 g/mol. The highest BCUT2D eigenvalue weighted by atomic mass is 32.1. The molecule has 0 amide bonds. The van der Waals surface area contributed by atoms with Crippen molar-refractivity contribution in [1.29, 1.82) is 0 Å². The monoisotopic (exact) mass is 286 g/mol. The van der Waals surface area contributed by atoms with Crippen molar-refractivity contribution in [3.8, 4) is 0 Å². The number of rotatable bonds is 4. The predicted octanol–water partition coefficient (Wildman–Crippen LogP) is 3.10. The van der Waals surface area contributed by atoms with Crippen molar-refractivity contribution in [2.24, 2.45) is 0 Å². The standard InChI is InChI=1S/C16H18N2OS/c1-12(15(19)13-8-4-2-5-9-13)17-16(20)18-14-10-6-3-7-11-14/h2-12,15,19H,1H3,(H2,17,18,20)/t12-,15+/m1/s1. The van der Waals surface area contributed by atoms with Gasteiger partial charge in [-0.25, -0.2) is 0 Å². The lowest BCUT2D eigenvalue weighted by Crippen LogP contribution is -2.39. The lowest BCUT2D eigenvalue weighted by atomic mass is 10.0. The fourth-order valence-electron chi connectivity index (χ4n) is 1.91. The van der Waals surface area contributed by atoms with E-state index in [2.05, 4.69) is 10.6 Å². The predicted molar refractivity (Wildman–Crippen MR) is 86.7 cm³/mol. The van der Waals surface area contributed by atoms with E-state index < -0.39 is 6.10 Å². The molecular formula is C16H18N2OS. The lowest BCUT2D eigenvalue weighted by Gasteiger charge is -2.22. The van der Waals surface area contributed by atoms with Gasteiger partial charge in [0.25, 0.3) is 0 Å². The lowest BCUT2D eigenvalue weighted by molar-refractivity contribution is 0.145. The van der Waals surface area contributed by atoms with E-state index in [9.17, 15) is 5.11 Å². The Bertz CT molecular complexity index is 545. The fourth-order valence-corrected chi connectivity index (χ4v) is 2.22. The van der Waals surface area contributed by atoms with E-state index in [0.717, 1.165) is 11.3 Å². The van der Waals surface area contributed by atoms with E-state index in [0.29, 0.717) is 5.11 Å². The summed E-state index contributed by atoms with van der Waals surface area (Å²) in [7, 11) is 0. The summed E-state index contributed by atoms with van der Waals surface area (Å²) >= 11 is 5.25. The van der Waals surface area contributed by atoms with E-state index in [1.54, 1.807) is 0 Å². The minimum atomic E-state index is -0.605. The molecule has 0 fully saturated rings. The van der Waals surface area contributed by atoms with Crippen LogP contribution < -0.4 is 10.6 Å². The molecule has 3 N–H and O–H groups in total. The molecular weight excluding hydrogens is 268 g/mol. The van der Waals surface area contributed by atoms with Gasteiger partial charge in [0.2, 0.25) is 0 Å². The summed E-state index contributed by atoms with van der Waals surface area (Å²) in [5.41, 5.74) is 1.79. The molecule has 2 aromatic rings. The van der Waals surface area contributed by atoms with Gasteiger partial charge >= 0.3 is 0 Å². The summed E-state index contributed by atoms with van der Waals surface area (Å²) in [6.07, 6.45) is -0.605. The number of hydrogen-bond acceptors (Lipinski definition) is 2. The van der Waals surface area contributed by atoms with Crippen molar-refractivity contribution in [2.75, 3.05) is 5.32 Å². The number of thiocarbonyl (C=S) groups is 1. The topological polar surface area (TPSA) is 44.3 Å². The Morgan fingerprint density at radius 3 is 2.15 bits per heavy atom. The van der Waals surface area contributed by atoms with Crippen molar-refractivity contribution in [3.05, 3.63) is 66.2 Å². The van der Waals surface area contributed by atoms with Gasteiger partial charge in [-0.1, -0.05) is 48.5 Å². The number of hydrogen-bond donors (Lipinski definition) is 3. The van der Waals surface area contributed by atoms with Crippen LogP contribution >= 0.6 is 12.2 Å². The Hall–Kier alpha value is -1.91. The first-order valence-corrected chi connectivity index (χ1v) is 6.93. The zero-order valence-electron chi connectivity index (χ0n) is 11.3. The second kappa shape index (κ2) is 7.03. The Morgan fingerprint density at radius 1 is 1.00 bits per heavy atom. The van der Waals surface area contributed by atoms with E-state index in [1.807, 2.05) is 67.6 Å². The van der Waals surface area contributed by atoms with Crippen molar-refractivity contribution in [3.63, 3.8) is 0 Å². The van der Waals surface area contributed by atoms with Crippen molar-refractivity contribution < 1.29 is 5.11 Å². The maximum Gasteiger partial charge on any atom is 0.171 e. The number of benzene rings is 2. The van der Waals surface area contributed by atoms with Crippen LogP contribution in [0, 0.1) is 0 Å². The average Bonchev–Trinajstić information content (AvgIpc) is 2.48. The van der Waals surface area contributed by atoms with Crippen LogP contribution in [0.15, 0.2) is 60.7 Å². The summed E-state index contributed by atoms with van der Waals surface area (Å²) in [5.74, 6) is 0. The third kappa shape index (κ3) is 4.05. The first kappa shape index (κ1) is 14.5. The van der Waals surface area contributed by atoms with Crippen molar-refractivity contribution in [2.45, 2.75) is 19.1 Å². The van der Waals surface area contributed by atoms with E-state index in [4.69, 9.17) is 12.2 Å². The molecule has 0 saturated heterocycles. The molecule has 4 heteroatoms. The summed E-state index contributed by atoms with van der Waals surface area (Å²) in [6.45, 7) is 1.90. The second-order valence-electron chi connectivity index (χ2n) is 4.61. The fraction of sp³-hybridized carbons (Fsp3) is 0.188. The zero-order valence-corrected chi connectivity index (χ0v) is 12.1. The molecule has 2 aromatic carbocycles. The highest BCUT2D eigenvalue weighted by molar-refractivity contribution is 7.80. The van der Waals surface area contributed by atoms with Gasteiger partial charge in [0, 0.05) is 5.69 Å². The molecule has 0 spiro atoms. The van der Waals surface area contributed by atoms with Crippen LogP contribution in [0.1, 0.15) is 18.6 Å². The SMILES string of the molecule is C[C@@H](NC(=S)Nc1ccccc1)[C@H](O)c1ccccc1. The molecule has 0 aliphatic heterocycles. The summed E-state index contributed by atoms with van der Waals surface area (Å²) in [4.78, 5) is 0. The molecule has 2 rings (SSSR count). The number of para-hydroxylation sites is 1. The molecule has 0 heterocycles. The quantitative estimate of drug-likeness (QED) is 0.756. The van der Waals surface area contributed by atoms with Crippen molar-refractivity contribution in [1.82, 2.24) is 5.32 Å². The number of aliphatic hydroxyl groups excluding tert-OH is 1. The third-order valence-corrected chi connectivity index (χ3v) is 3.23.